The Morgan fingerprint density at radius 1 is 1.08 bits per heavy atom. The van der Waals surface area contributed by atoms with Gasteiger partial charge in [-0.2, -0.15) is 11.8 Å². The van der Waals surface area contributed by atoms with E-state index < -0.39 is 12.0 Å². The third kappa shape index (κ3) is 6.80. The van der Waals surface area contributed by atoms with Gasteiger partial charge in [-0.3, -0.25) is 4.79 Å². The largest absolute Gasteiger partial charge is 0.508 e. The minimum atomic E-state index is -0.740. The molecule has 0 unspecified atom stereocenters. The predicted molar refractivity (Wildman–Crippen MR) is 103 cm³/mol. The summed E-state index contributed by atoms with van der Waals surface area (Å²) in [5, 5.41) is 12.1. The number of carbonyl (C=O) groups excluding carboxylic acids is 2. The number of nitrogens with one attached hydrogen (secondary N) is 1. The number of hydrogen-bond donors (Lipinski definition) is 2. The van der Waals surface area contributed by atoms with Crippen LogP contribution in [-0.4, -0.2) is 35.9 Å². The maximum absolute atomic E-state index is 12.2. The molecule has 2 aromatic rings. The molecule has 0 fully saturated rings. The molecule has 26 heavy (non-hydrogen) atoms. The molecule has 0 aliphatic carbocycles. The van der Waals surface area contributed by atoms with Crippen LogP contribution in [0.5, 0.6) is 5.75 Å². The highest BCUT2D eigenvalue weighted by Gasteiger charge is 2.21. The van der Waals surface area contributed by atoms with Crippen LogP contribution in [-0.2, 0) is 26.5 Å². The molecule has 0 aliphatic heterocycles. The van der Waals surface area contributed by atoms with E-state index in [2.05, 4.69) is 17.4 Å². The molecule has 0 heterocycles. The van der Waals surface area contributed by atoms with Gasteiger partial charge in [-0.05, 0) is 23.3 Å². The van der Waals surface area contributed by atoms with Crippen LogP contribution >= 0.6 is 11.8 Å². The van der Waals surface area contributed by atoms with Gasteiger partial charge in [-0.1, -0.05) is 42.5 Å². The van der Waals surface area contributed by atoms with Crippen LogP contribution in [0.25, 0.3) is 0 Å². The number of ether oxygens (including phenoxy) is 1. The first-order chi connectivity index (χ1) is 12.6. The summed E-state index contributed by atoms with van der Waals surface area (Å²) < 4.78 is 4.78. The molecule has 0 aliphatic rings. The number of aromatic hydroxyl groups is 1. The highest BCUT2D eigenvalue weighted by Crippen LogP contribution is 2.14. The highest BCUT2D eigenvalue weighted by molar-refractivity contribution is 7.98. The van der Waals surface area contributed by atoms with Crippen molar-refractivity contribution in [3.05, 3.63) is 65.7 Å². The van der Waals surface area contributed by atoms with Crippen molar-refractivity contribution in [3.8, 4) is 5.75 Å². The minimum Gasteiger partial charge on any atom is -0.508 e. The van der Waals surface area contributed by atoms with Gasteiger partial charge in [0.2, 0.25) is 5.91 Å². The number of methoxy groups -OCH3 is 1. The zero-order chi connectivity index (χ0) is 18.8. The van der Waals surface area contributed by atoms with Crippen molar-refractivity contribution in [3.63, 3.8) is 0 Å². The second kappa shape index (κ2) is 10.5. The van der Waals surface area contributed by atoms with Crippen molar-refractivity contribution in [2.24, 2.45) is 0 Å². The van der Waals surface area contributed by atoms with Crippen molar-refractivity contribution < 1.29 is 19.4 Å². The lowest BCUT2D eigenvalue weighted by Crippen LogP contribution is -2.43. The number of hydrogen-bond acceptors (Lipinski definition) is 5. The zero-order valence-corrected chi connectivity index (χ0v) is 15.5. The van der Waals surface area contributed by atoms with Crippen LogP contribution in [0.3, 0.4) is 0 Å². The average Bonchev–Trinajstić information content (AvgIpc) is 2.66. The summed E-state index contributed by atoms with van der Waals surface area (Å²) >= 11 is 1.68. The summed E-state index contributed by atoms with van der Waals surface area (Å²) in [4.78, 5) is 24.1. The molecule has 5 nitrogen and oxygen atoms in total. The lowest BCUT2D eigenvalue weighted by atomic mass is 10.1. The van der Waals surface area contributed by atoms with Gasteiger partial charge in [-0.15, -0.1) is 0 Å². The van der Waals surface area contributed by atoms with Crippen molar-refractivity contribution in [2.75, 3.05) is 12.9 Å². The van der Waals surface area contributed by atoms with Crippen molar-refractivity contribution in [1.82, 2.24) is 5.32 Å². The van der Waals surface area contributed by atoms with E-state index in [-0.39, 0.29) is 11.7 Å². The normalized spacial score (nSPS) is 11.6. The number of thioether (sulfide) groups is 1. The van der Waals surface area contributed by atoms with Crippen LogP contribution < -0.4 is 5.32 Å². The third-order valence-electron chi connectivity index (χ3n) is 3.78. The summed E-state index contributed by atoms with van der Waals surface area (Å²) in [7, 11) is 1.30. The number of phenols is 1. The molecule has 2 N–H and O–H groups in total. The van der Waals surface area contributed by atoms with Gasteiger partial charge in [-0.25, -0.2) is 4.79 Å². The van der Waals surface area contributed by atoms with E-state index in [4.69, 9.17) is 4.74 Å². The van der Waals surface area contributed by atoms with Crippen LogP contribution in [0.15, 0.2) is 54.6 Å². The smallest absolute Gasteiger partial charge is 0.328 e. The number of esters is 1. The maximum atomic E-state index is 12.2. The molecule has 1 amide bonds. The molecule has 0 spiro atoms. The lowest BCUT2D eigenvalue weighted by Gasteiger charge is -2.16. The highest BCUT2D eigenvalue weighted by atomic mass is 32.2. The Bertz CT molecular complexity index is 704. The van der Waals surface area contributed by atoms with Gasteiger partial charge in [0.25, 0.3) is 0 Å². The molecule has 0 aromatic heterocycles. The molecule has 2 rings (SSSR count). The summed E-state index contributed by atoms with van der Waals surface area (Å²) in [6.07, 6.45) is 0.649. The van der Waals surface area contributed by atoms with Gasteiger partial charge in [0, 0.05) is 24.3 Å². The van der Waals surface area contributed by atoms with Gasteiger partial charge in [0.15, 0.2) is 0 Å². The van der Waals surface area contributed by atoms with Crippen LogP contribution in [0, 0.1) is 0 Å². The summed E-state index contributed by atoms with van der Waals surface area (Å²) in [6.45, 7) is 0. The van der Waals surface area contributed by atoms with Crippen molar-refractivity contribution in [2.45, 2.75) is 24.6 Å². The average molecular weight is 373 g/mol. The quantitative estimate of drug-likeness (QED) is 0.522. The molecule has 2 aromatic carbocycles. The second-order valence-corrected chi connectivity index (χ2v) is 6.91. The number of carbonyl (C=O) groups is 2. The Kier molecular flexibility index (Phi) is 8.02. The van der Waals surface area contributed by atoms with Gasteiger partial charge in [0.05, 0.1) is 7.11 Å². The standard InChI is InChI=1S/C20H23NO4S/c1-25-20(24)18(13-15-7-9-17(22)10-8-15)21-19(23)11-12-26-14-16-5-3-2-4-6-16/h2-10,18,22H,11-14H2,1H3,(H,21,23)/t18-/m1/s1. The number of amides is 1. The van der Waals surface area contributed by atoms with E-state index in [0.29, 0.717) is 18.6 Å². The Balaban J connectivity index is 1.80. The molecule has 0 bridgehead atoms. The van der Waals surface area contributed by atoms with Gasteiger partial charge < -0.3 is 15.2 Å². The SMILES string of the molecule is COC(=O)[C@@H](Cc1ccc(O)cc1)NC(=O)CCSCc1ccccc1. The minimum absolute atomic E-state index is 0.155. The van der Waals surface area contributed by atoms with Crippen molar-refractivity contribution >= 4 is 23.6 Å². The topological polar surface area (TPSA) is 75.6 Å². The Morgan fingerprint density at radius 2 is 1.77 bits per heavy atom. The first kappa shape index (κ1) is 19.8. The number of rotatable bonds is 9. The fraction of sp³-hybridized carbons (Fsp3) is 0.300. The molecule has 1 atom stereocenters. The summed E-state index contributed by atoms with van der Waals surface area (Å²) in [5.41, 5.74) is 2.05. The van der Waals surface area contributed by atoms with Crippen LogP contribution in [0.4, 0.5) is 0 Å². The van der Waals surface area contributed by atoms with E-state index in [1.54, 1.807) is 36.0 Å². The van der Waals surface area contributed by atoms with Crippen LogP contribution in [0.2, 0.25) is 0 Å². The Morgan fingerprint density at radius 3 is 2.42 bits per heavy atom. The number of benzene rings is 2. The molecule has 6 heteroatoms. The molecule has 0 saturated carbocycles. The first-order valence-electron chi connectivity index (χ1n) is 8.35. The van der Waals surface area contributed by atoms with Crippen LogP contribution in [0.1, 0.15) is 17.5 Å². The zero-order valence-electron chi connectivity index (χ0n) is 14.7. The van der Waals surface area contributed by atoms with Gasteiger partial charge in [0.1, 0.15) is 11.8 Å². The Labute approximate surface area is 157 Å². The van der Waals surface area contributed by atoms with Crippen molar-refractivity contribution in [1.29, 1.82) is 0 Å². The van der Waals surface area contributed by atoms with E-state index in [1.807, 2.05) is 18.2 Å². The van der Waals surface area contributed by atoms with E-state index >= 15 is 0 Å². The summed E-state index contributed by atoms with van der Waals surface area (Å²) in [5.74, 6) is 1.02. The molecule has 138 valence electrons. The second-order valence-electron chi connectivity index (χ2n) is 5.80. The predicted octanol–water partition coefficient (Wildman–Crippen LogP) is 2.92. The number of phenolic OH excluding ortho intramolecular Hbond substituents is 1. The molecule has 0 saturated heterocycles. The molecule has 0 radical (unpaired) electrons. The van der Waals surface area contributed by atoms with Gasteiger partial charge >= 0.3 is 5.97 Å². The molecular formula is C20H23NO4S. The molecular weight excluding hydrogens is 350 g/mol. The Hall–Kier alpha value is -2.47. The van der Waals surface area contributed by atoms with E-state index in [1.165, 1.54) is 12.7 Å². The lowest BCUT2D eigenvalue weighted by molar-refractivity contribution is -0.145. The first-order valence-corrected chi connectivity index (χ1v) is 9.50. The fourth-order valence-electron chi connectivity index (χ4n) is 2.40. The van der Waals surface area contributed by atoms with E-state index in [9.17, 15) is 14.7 Å². The monoisotopic (exact) mass is 373 g/mol. The maximum Gasteiger partial charge on any atom is 0.328 e. The van der Waals surface area contributed by atoms with E-state index in [0.717, 1.165) is 11.3 Å². The third-order valence-corrected chi connectivity index (χ3v) is 4.81. The fourth-order valence-corrected chi connectivity index (χ4v) is 3.30. The summed E-state index contributed by atoms with van der Waals surface area (Å²) in [6, 6.07) is 15.9.